The Kier molecular flexibility index (Phi) is 4.37. The molecule has 0 saturated heterocycles. The first-order valence-electron chi connectivity index (χ1n) is 8.62. The van der Waals surface area contributed by atoms with Gasteiger partial charge in [0.05, 0.1) is 4.92 Å². The van der Waals surface area contributed by atoms with Crippen LogP contribution in [0.5, 0.6) is 0 Å². The topological polar surface area (TPSA) is 111 Å². The number of nitrogens with zero attached hydrogens (tertiary/aromatic N) is 3. The Labute approximate surface area is 154 Å². The molecule has 0 fully saturated rings. The molecule has 1 heterocycles. The van der Waals surface area contributed by atoms with Crippen molar-refractivity contribution < 1.29 is 14.3 Å². The summed E-state index contributed by atoms with van der Waals surface area (Å²) in [6.07, 6.45) is 4.47. The molecule has 0 atom stereocenters. The molecule has 1 aliphatic carbocycles. The summed E-state index contributed by atoms with van der Waals surface area (Å²) in [5.41, 5.74) is 4.12. The summed E-state index contributed by atoms with van der Waals surface area (Å²) in [4.78, 5) is 22.6. The molecule has 0 aliphatic heterocycles. The van der Waals surface area contributed by atoms with Gasteiger partial charge in [0.15, 0.2) is 5.69 Å². The predicted octanol–water partition coefficient (Wildman–Crippen LogP) is 3.78. The number of rotatable bonds is 4. The van der Waals surface area contributed by atoms with Gasteiger partial charge in [0, 0.05) is 23.3 Å². The van der Waals surface area contributed by atoms with Crippen LogP contribution in [0.2, 0.25) is 0 Å². The highest BCUT2D eigenvalue weighted by Crippen LogP contribution is 2.30. The highest BCUT2D eigenvalue weighted by Gasteiger charge is 2.18. The zero-order valence-electron chi connectivity index (χ0n) is 14.3. The molecule has 0 spiro atoms. The van der Waals surface area contributed by atoms with Crippen molar-refractivity contribution in [3.8, 4) is 11.3 Å². The number of hydrogen-bond acceptors (Lipinski definition) is 6. The minimum absolute atomic E-state index is 0.0793. The summed E-state index contributed by atoms with van der Waals surface area (Å²) in [7, 11) is 0. The second kappa shape index (κ2) is 6.99. The number of hydrogen-bond donors (Lipinski definition) is 1. The number of benzene rings is 2. The lowest BCUT2D eigenvalue weighted by molar-refractivity contribution is -0.384. The first-order chi connectivity index (χ1) is 13.1. The molecule has 1 aromatic heterocycles. The third-order valence-corrected chi connectivity index (χ3v) is 4.68. The van der Waals surface area contributed by atoms with Crippen molar-refractivity contribution in [1.82, 2.24) is 10.3 Å². The number of non-ortho nitro benzene ring substituents is 1. The number of fused-ring (bicyclic) bond motifs is 1. The van der Waals surface area contributed by atoms with E-state index in [-0.39, 0.29) is 17.1 Å². The quantitative estimate of drug-likeness (QED) is 0.557. The molecule has 8 nitrogen and oxygen atoms in total. The van der Waals surface area contributed by atoms with Crippen LogP contribution in [0.3, 0.4) is 0 Å². The zero-order valence-corrected chi connectivity index (χ0v) is 14.3. The lowest BCUT2D eigenvalue weighted by atomic mass is 9.90. The molecular formula is C19H16N4O4. The van der Waals surface area contributed by atoms with Crippen molar-refractivity contribution in [3.63, 3.8) is 0 Å². The van der Waals surface area contributed by atoms with Crippen molar-refractivity contribution in [1.29, 1.82) is 0 Å². The third-order valence-electron chi connectivity index (χ3n) is 4.68. The first kappa shape index (κ1) is 16.9. The highest BCUT2D eigenvalue weighted by atomic mass is 16.6. The Morgan fingerprint density at radius 2 is 1.78 bits per heavy atom. The Morgan fingerprint density at radius 3 is 2.52 bits per heavy atom. The van der Waals surface area contributed by atoms with Crippen LogP contribution in [0, 0.1) is 10.1 Å². The summed E-state index contributed by atoms with van der Waals surface area (Å²) in [5, 5.41) is 21.1. The van der Waals surface area contributed by atoms with Crippen LogP contribution in [0.15, 0.2) is 47.1 Å². The molecule has 1 aliphatic rings. The van der Waals surface area contributed by atoms with Gasteiger partial charge in [-0.2, -0.15) is 0 Å². The van der Waals surface area contributed by atoms with Gasteiger partial charge < -0.3 is 5.32 Å². The first-order valence-corrected chi connectivity index (χ1v) is 8.62. The number of carbonyl (C=O) groups excluding carboxylic acids is 1. The monoisotopic (exact) mass is 364 g/mol. The Balaban J connectivity index is 1.57. The second-order valence-corrected chi connectivity index (χ2v) is 6.41. The number of aromatic nitrogens is 2. The SMILES string of the molecule is O=C(Nc1nonc1-c1ccc2c(c1)CCCC2)c1ccc([N+](=O)[O-])cc1. The fourth-order valence-corrected chi connectivity index (χ4v) is 3.25. The number of anilines is 1. The maximum atomic E-state index is 12.4. The average Bonchev–Trinajstić information content (AvgIpc) is 3.15. The lowest BCUT2D eigenvalue weighted by Crippen LogP contribution is -2.13. The van der Waals surface area contributed by atoms with E-state index in [0.717, 1.165) is 24.8 Å². The maximum Gasteiger partial charge on any atom is 0.269 e. The average molecular weight is 364 g/mol. The zero-order chi connectivity index (χ0) is 18.8. The second-order valence-electron chi connectivity index (χ2n) is 6.41. The van der Waals surface area contributed by atoms with Crippen LogP contribution in [-0.2, 0) is 12.8 Å². The van der Waals surface area contributed by atoms with E-state index >= 15 is 0 Å². The van der Waals surface area contributed by atoms with Gasteiger partial charge in [0.25, 0.3) is 11.6 Å². The maximum absolute atomic E-state index is 12.4. The lowest BCUT2D eigenvalue weighted by Gasteiger charge is -2.16. The number of carbonyl (C=O) groups is 1. The van der Waals surface area contributed by atoms with Gasteiger partial charge in [-0.1, -0.05) is 12.1 Å². The van der Waals surface area contributed by atoms with Gasteiger partial charge in [-0.05, 0) is 65.3 Å². The van der Waals surface area contributed by atoms with Crippen molar-refractivity contribution in [2.45, 2.75) is 25.7 Å². The summed E-state index contributed by atoms with van der Waals surface area (Å²) in [6.45, 7) is 0. The van der Waals surface area contributed by atoms with Gasteiger partial charge in [-0.15, -0.1) is 0 Å². The molecule has 0 bridgehead atoms. The molecule has 0 saturated carbocycles. The number of amides is 1. The third kappa shape index (κ3) is 3.41. The van der Waals surface area contributed by atoms with Gasteiger partial charge in [0.2, 0.25) is 5.82 Å². The molecule has 0 radical (unpaired) electrons. The van der Waals surface area contributed by atoms with Gasteiger partial charge in [0.1, 0.15) is 0 Å². The fourth-order valence-electron chi connectivity index (χ4n) is 3.25. The van der Waals surface area contributed by atoms with E-state index in [4.69, 9.17) is 4.63 Å². The largest absolute Gasteiger partial charge is 0.302 e. The Morgan fingerprint density at radius 1 is 1.04 bits per heavy atom. The normalized spacial score (nSPS) is 13.0. The molecule has 1 amide bonds. The van der Waals surface area contributed by atoms with Crippen molar-refractivity contribution in [2.75, 3.05) is 5.32 Å². The van der Waals surface area contributed by atoms with Crippen molar-refractivity contribution >= 4 is 17.4 Å². The van der Waals surface area contributed by atoms with Crippen molar-refractivity contribution in [2.24, 2.45) is 0 Å². The molecule has 27 heavy (non-hydrogen) atoms. The standard InChI is InChI=1S/C19H16N4O4/c24-19(13-7-9-16(10-8-13)23(25)26)20-18-17(21-27-22-18)15-6-5-12-3-1-2-4-14(12)11-15/h5-11H,1-4H2,(H,20,22,24). The van der Waals surface area contributed by atoms with Crippen LogP contribution >= 0.6 is 0 Å². The van der Waals surface area contributed by atoms with E-state index in [1.54, 1.807) is 0 Å². The predicted molar refractivity (Wildman–Crippen MR) is 97.4 cm³/mol. The molecule has 1 N–H and O–H groups in total. The van der Waals surface area contributed by atoms with Crippen LogP contribution in [-0.4, -0.2) is 21.1 Å². The van der Waals surface area contributed by atoms with Gasteiger partial charge >= 0.3 is 0 Å². The smallest absolute Gasteiger partial charge is 0.269 e. The van der Waals surface area contributed by atoms with E-state index in [2.05, 4.69) is 27.8 Å². The minimum Gasteiger partial charge on any atom is -0.302 e. The van der Waals surface area contributed by atoms with E-state index in [9.17, 15) is 14.9 Å². The van der Waals surface area contributed by atoms with Crippen LogP contribution in [0.4, 0.5) is 11.5 Å². The molecule has 3 aromatic rings. The highest BCUT2D eigenvalue weighted by molar-refractivity contribution is 6.05. The summed E-state index contributed by atoms with van der Waals surface area (Å²) in [6, 6.07) is 11.4. The summed E-state index contributed by atoms with van der Waals surface area (Å²) in [5.74, 6) is -0.228. The van der Waals surface area contributed by atoms with Crippen LogP contribution in [0.1, 0.15) is 34.3 Å². The van der Waals surface area contributed by atoms with E-state index in [0.29, 0.717) is 5.69 Å². The molecule has 0 unspecified atom stereocenters. The fraction of sp³-hybridized carbons (Fsp3) is 0.211. The summed E-state index contributed by atoms with van der Waals surface area (Å²) >= 11 is 0. The molecule has 136 valence electrons. The van der Waals surface area contributed by atoms with E-state index in [1.807, 2.05) is 6.07 Å². The molecule has 2 aromatic carbocycles. The van der Waals surface area contributed by atoms with Gasteiger partial charge in [-0.3, -0.25) is 14.9 Å². The van der Waals surface area contributed by atoms with Gasteiger partial charge in [-0.25, -0.2) is 4.63 Å². The van der Waals surface area contributed by atoms with E-state index < -0.39 is 10.8 Å². The van der Waals surface area contributed by atoms with E-state index in [1.165, 1.54) is 41.8 Å². The number of nitrogens with one attached hydrogen (secondary N) is 1. The van der Waals surface area contributed by atoms with Crippen LogP contribution in [0.25, 0.3) is 11.3 Å². The Bertz CT molecular complexity index is 1010. The van der Waals surface area contributed by atoms with Crippen LogP contribution < -0.4 is 5.32 Å². The molecule has 8 heteroatoms. The number of nitro groups is 1. The Hall–Kier alpha value is -3.55. The summed E-state index contributed by atoms with van der Waals surface area (Å²) < 4.78 is 4.83. The van der Waals surface area contributed by atoms with Crippen molar-refractivity contribution in [3.05, 3.63) is 69.3 Å². The number of nitro benzene ring substituents is 1. The molecule has 4 rings (SSSR count). The molecular weight excluding hydrogens is 348 g/mol. The number of aryl methyl sites for hydroxylation is 2. The minimum atomic E-state index is -0.516.